The van der Waals surface area contributed by atoms with Crippen LogP contribution in [-0.2, 0) is 11.2 Å². The number of rotatable bonds is 6. The molecule has 1 aliphatic rings. The molecule has 2 aromatic carbocycles. The first-order valence-electron chi connectivity index (χ1n) is 8.44. The van der Waals surface area contributed by atoms with Gasteiger partial charge in [0.15, 0.2) is 0 Å². The van der Waals surface area contributed by atoms with E-state index in [1.807, 2.05) is 30.3 Å². The van der Waals surface area contributed by atoms with Gasteiger partial charge in [-0.3, -0.25) is 14.9 Å². The van der Waals surface area contributed by atoms with Crippen molar-refractivity contribution in [2.45, 2.75) is 18.9 Å². The van der Waals surface area contributed by atoms with E-state index >= 15 is 0 Å². The lowest BCUT2D eigenvalue weighted by Gasteiger charge is -2.29. The molecule has 1 atom stereocenters. The number of non-ortho nitro benzene ring substituents is 1. The van der Waals surface area contributed by atoms with Gasteiger partial charge in [-0.05, 0) is 30.0 Å². The van der Waals surface area contributed by atoms with Crippen LogP contribution in [0, 0.1) is 10.1 Å². The Bertz CT molecular complexity index is 797. The zero-order chi connectivity index (χ0) is 18.5. The van der Waals surface area contributed by atoms with Crippen molar-refractivity contribution in [3.8, 4) is 0 Å². The van der Waals surface area contributed by atoms with Gasteiger partial charge in [-0.2, -0.15) is 0 Å². The highest BCUT2D eigenvalue weighted by Crippen LogP contribution is 2.31. The van der Waals surface area contributed by atoms with Crippen LogP contribution in [0.3, 0.4) is 0 Å². The topological polar surface area (TPSA) is 83.7 Å². The van der Waals surface area contributed by atoms with Gasteiger partial charge in [0, 0.05) is 30.1 Å². The Morgan fingerprint density at radius 1 is 1.27 bits per heavy atom. The van der Waals surface area contributed by atoms with Gasteiger partial charge in [0.05, 0.1) is 16.8 Å². The number of carbonyl (C=O) groups is 1. The van der Waals surface area contributed by atoms with Gasteiger partial charge in [0.25, 0.3) is 5.69 Å². The molecule has 26 heavy (non-hydrogen) atoms. The Balaban J connectivity index is 1.60. The van der Waals surface area contributed by atoms with Crippen molar-refractivity contribution in [1.29, 1.82) is 0 Å². The summed E-state index contributed by atoms with van der Waals surface area (Å²) in [7, 11) is 0. The molecule has 0 bridgehead atoms. The summed E-state index contributed by atoms with van der Waals surface area (Å²) in [5.74, 6) is 0.668. The molecular formula is C19H20N2O4S. The molecule has 0 radical (unpaired) electrons. The Morgan fingerprint density at radius 3 is 2.77 bits per heavy atom. The maximum absolute atomic E-state index is 12.6. The first-order valence-corrected chi connectivity index (χ1v) is 9.60. The minimum absolute atomic E-state index is 0.0370. The van der Waals surface area contributed by atoms with Crippen LogP contribution in [-0.4, -0.2) is 34.0 Å². The van der Waals surface area contributed by atoms with Gasteiger partial charge >= 0.3 is 0 Å². The van der Waals surface area contributed by atoms with Crippen LogP contribution < -0.4 is 4.90 Å². The number of aliphatic hydroxyl groups excluding tert-OH is 1. The fourth-order valence-corrected chi connectivity index (χ4v) is 3.93. The number of thioether (sulfide) groups is 1. The van der Waals surface area contributed by atoms with Gasteiger partial charge in [0.1, 0.15) is 0 Å². The molecule has 0 fully saturated rings. The Kier molecular flexibility index (Phi) is 5.90. The molecule has 1 unspecified atom stereocenters. The average molecular weight is 372 g/mol. The number of anilines is 1. The standard InChI is InChI=1S/C19H20N2O4S/c22-18(14-5-2-1-3-6-14)12-26-13-19(23)20-10-4-7-15-11-16(21(24)25)8-9-17(15)20/h1-3,5-6,8-9,11,18,22H,4,7,10,12-13H2. The fraction of sp³-hybridized carbons (Fsp3) is 0.316. The second kappa shape index (κ2) is 8.33. The van der Waals surface area contributed by atoms with E-state index in [1.54, 1.807) is 17.0 Å². The van der Waals surface area contributed by atoms with Crippen LogP contribution in [0.15, 0.2) is 48.5 Å². The third-order valence-electron chi connectivity index (χ3n) is 4.38. The number of hydrogen-bond acceptors (Lipinski definition) is 5. The van der Waals surface area contributed by atoms with Gasteiger partial charge in [-0.25, -0.2) is 0 Å². The number of aryl methyl sites for hydroxylation is 1. The summed E-state index contributed by atoms with van der Waals surface area (Å²) in [5, 5.41) is 21.1. The highest BCUT2D eigenvalue weighted by Gasteiger charge is 2.24. The van der Waals surface area contributed by atoms with Crippen LogP contribution in [0.5, 0.6) is 0 Å². The molecule has 1 aliphatic heterocycles. The molecule has 1 N–H and O–H groups in total. The van der Waals surface area contributed by atoms with Gasteiger partial charge in [-0.1, -0.05) is 30.3 Å². The predicted octanol–water partition coefficient (Wildman–Crippen LogP) is 3.34. The molecule has 1 amide bonds. The summed E-state index contributed by atoms with van der Waals surface area (Å²) < 4.78 is 0. The smallest absolute Gasteiger partial charge is 0.269 e. The summed E-state index contributed by atoms with van der Waals surface area (Å²) in [5.41, 5.74) is 2.49. The van der Waals surface area contributed by atoms with E-state index in [0.29, 0.717) is 12.3 Å². The largest absolute Gasteiger partial charge is 0.388 e. The van der Waals surface area contributed by atoms with E-state index in [4.69, 9.17) is 0 Å². The summed E-state index contributed by atoms with van der Waals surface area (Å²) in [6.07, 6.45) is 0.919. The summed E-state index contributed by atoms with van der Waals surface area (Å²) in [4.78, 5) is 24.8. The molecule has 0 aliphatic carbocycles. The first-order chi connectivity index (χ1) is 12.6. The van der Waals surface area contributed by atoms with Gasteiger partial charge in [-0.15, -0.1) is 11.8 Å². The van der Waals surface area contributed by atoms with Crippen molar-refractivity contribution in [2.24, 2.45) is 0 Å². The second-order valence-electron chi connectivity index (χ2n) is 6.16. The van der Waals surface area contributed by atoms with Crippen LogP contribution >= 0.6 is 11.8 Å². The van der Waals surface area contributed by atoms with Crippen molar-refractivity contribution in [3.05, 3.63) is 69.8 Å². The van der Waals surface area contributed by atoms with E-state index in [0.717, 1.165) is 29.7 Å². The highest BCUT2D eigenvalue weighted by atomic mass is 32.2. The monoisotopic (exact) mass is 372 g/mol. The van der Waals surface area contributed by atoms with Crippen molar-refractivity contribution in [2.75, 3.05) is 23.0 Å². The SMILES string of the molecule is O=C(CSCC(O)c1ccccc1)N1CCCc2cc([N+](=O)[O-])ccc21. The molecule has 0 aromatic heterocycles. The van der Waals surface area contributed by atoms with E-state index < -0.39 is 11.0 Å². The summed E-state index contributed by atoms with van der Waals surface area (Å²) in [6, 6.07) is 14.0. The number of nitro benzene ring substituents is 1. The van der Waals surface area contributed by atoms with E-state index in [2.05, 4.69) is 0 Å². The Labute approximate surface area is 156 Å². The maximum Gasteiger partial charge on any atom is 0.269 e. The van der Waals surface area contributed by atoms with E-state index in [9.17, 15) is 20.0 Å². The number of benzene rings is 2. The number of aliphatic hydroxyl groups is 1. The molecule has 0 saturated heterocycles. The van der Waals surface area contributed by atoms with Crippen molar-refractivity contribution in [3.63, 3.8) is 0 Å². The number of carbonyl (C=O) groups excluding carboxylic acids is 1. The minimum Gasteiger partial charge on any atom is -0.388 e. The van der Waals surface area contributed by atoms with Crippen LogP contribution in [0.4, 0.5) is 11.4 Å². The lowest BCUT2D eigenvalue weighted by Crippen LogP contribution is -2.36. The fourth-order valence-electron chi connectivity index (χ4n) is 3.06. The molecular weight excluding hydrogens is 352 g/mol. The molecule has 1 heterocycles. The number of nitro groups is 1. The number of hydrogen-bond donors (Lipinski definition) is 1. The van der Waals surface area contributed by atoms with E-state index in [-0.39, 0.29) is 17.3 Å². The third-order valence-corrected chi connectivity index (χ3v) is 5.38. The maximum atomic E-state index is 12.6. The predicted molar refractivity (Wildman–Crippen MR) is 102 cm³/mol. The molecule has 0 spiro atoms. The highest BCUT2D eigenvalue weighted by molar-refractivity contribution is 8.00. The number of fused-ring (bicyclic) bond motifs is 1. The normalized spacial score (nSPS) is 14.6. The molecule has 136 valence electrons. The van der Waals surface area contributed by atoms with Gasteiger partial charge < -0.3 is 10.0 Å². The number of amides is 1. The van der Waals surface area contributed by atoms with Crippen LogP contribution in [0.25, 0.3) is 0 Å². The van der Waals surface area contributed by atoms with Crippen molar-refractivity contribution < 1.29 is 14.8 Å². The summed E-state index contributed by atoms with van der Waals surface area (Å²) in [6.45, 7) is 0.617. The lowest BCUT2D eigenvalue weighted by molar-refractivity contribution is -0.384. The van der Waals surface area contributed by atoms with Crippen LogP contribution in [0.2, 0.25) is 0 Å². The zero-order valence-electron chi connectivity index (χ0n) is 14.2. The second-order valence-corrected chi connectivity index (χ2v) is 7.19. The summed E-state index contributed by atoms with van der Waals surface area (Å²) >= 11 is 1.39. The third kappa shape index (κ3) is 4.23. The van der Waals surface area contributed by atoms with E-state index in [1.165, 1.54) is 17.8 Å². The zero-order valence-corrected chi connectivity index (χ0v) is 15.0. The molecule has 3 rings (SSSR count). The average Bonchev–Trinajstić information content (AvgIpc) is 2.67. The lowest BCUT2D eigenvalue weighted by atomic mass is 10.0. The molecule has 2 aromatic rings. The van der Waals surface area contributed by atoms with Crippen LogP contribution in [0.1, 0.15) is 23.7 Å². The molecule has 6 nitrogen and oxygen atoms in total. The molecule has 0 saturated carbocycles. The van der Waals surface area contributed by atoms with Crippen molar-refractivity contribution in [1.82, 2.24) is 0 Å². The quantitative estimate of drug-likeness (QED) is 0.621. The molecule has 7 heteroatoms. The van der Waals surface area contributed by atoms with Gasteiger partial charge in [0.2, 0.25) is 5.91 Å². The first kappa shape index (κ1) is 18.4. The van der Waals surface area contributed by atoms with Crippen molar-refractivity contribution >= 4 is 29.0 Å². The Morgan fingerprint density at radius 2 is 2.04 bits per heavy atom. The Hall–Kier alpha value is -2.38. The number of nitrogens with zero attached hydrogens (tertiary/aromatic N) is 2. The minimum atomic E-state index is -0.606.